The van der Waals surface area contributed by atoms with Crippen molar-refractivity contribution in [3.63, 3.8) is 0 Å². The molecule has 5 aliphatic rings. The van der Waals surface area contributed by atoms with Gasteiger partial charge in [-0.3, -0.25) is 0 Å². The number of aliphatic hydroxyl groups is 2. The number of ether oxygens (including phenoxy) is 4. The molecule has 2 N–H and O–H groups in total. The SMILES string of the molecule is C=C1C[C@H](CCCO)OC1CC[C@H]1C[C@@H](C)C(=C)[C@@H](CC2C[C@H](C[C@H](C)CC)[C@H](C)[C@H]2C(C(O)CC2CC[C@@H]3O[C@@H]([C@H](/C=C/I)O[Si](C)(C)C(C)(C)C)[C@@H](C)[C@@H](C)[C@H]3O2)S(=O)(=O)c2ccccc2)O1. The van der Waals surface area contributed by atoms with E-state index in [9.17, 15) is 10.2 Å². The highest BCUT2D eigenvalue weighted by Gasteiger charge is 2.54. The van der Waals surface area contributed by atoms with Crippen LogP contribution in [0.2, 0.25) is 18.1 Å². The molecule has 4 heterocycles. The van der Waals surface area contributed by atoms with Gasteiger partial charge in [0.1, 0.15) is 0 Å². The van der Waals surface area contributed by atoms with Crippen LogP contribution in [0.5, 0.6) is 0 Å². The van der Waals surface area contributed by atoms with E-state index in [0.717, 1.165) is 75.4 Å². The molecule has 392 valence electrons. The minimum absolute atomic E-state index is 0.00141. The van der Waals surface area contributed by atoms with Crippen molar-refractivity contribution in [1.29, 1.82) is 0 Å². The van der Waals surface area contributed by atoms with Gasteiger partial charge in [0, 0.05) is 13.0 Å². The summed E-state index contributed by atoms with van der Waals surface area (Å²) in [5, 5.41) is 21.3. The molecule has 69 heavy (non-hydrogen) atoms. The number of rotatable bonds is 21. The van der Waals surface area contributed by atoms with Gasteiger partial charge >= 0.3 is 0 Å². The van der Waals surface area contributed by atoms with E-state index < -0.39 is 29.5 Å². The van der Waals surface area contributed by atoms with E-state index in [1.165, 1.54) is 0 Å². The summed E-state index contributed by atoms with van der Waals surface area (Å²) >= 11 is 2.29. The first-order chi connectivity index (χ1) is 32.5. The summed E-state index contributed by atoms with van der Waals surface area (Å²) < 4.78 is 67.3. The van der Waals surface area contributed by atoms with E-state index in [0.29, 0.717) is 24.7 Å². The Labute approximate surface area is 433 Å². The lowest BCUT2D eigenvalue weighted by Crippen LogP contribution is -2.58. The highest BCUT2D eigenvalue weighted by Crippen LogP contribution is 2.53. The molecule has 4 aliphatic heterocycles. The van der Waals surface area contributed by atoms with Crippen molar-refractivity contribution in [1.82, 2.24) is 0 Å². The monoisotopic (exact) mass is 1110 g/mol. The van der Waals surface area contributed by atoms with Crippen LogP contribution in [0, 0.1) is 47.3 Å². The summed E-state index contributed by atoms with van der Waals surface area (Å²) in [5.74, 6) is 1.17. The Hall–Kier alpha value is -0.943. The predicted molar refractivity (Wildman–Crippen MR) is 291 cm³/mol. The largest absolute Gasteiger partial charge is 0.408 e. The molecule has 6 rings (SSSR count). The zero-order chi connectivity index (χ0) is 50.6. The zero-order valence-corrected chi connectivity index (χ0v) is 48.3. The van der Waals surface area contributed by atoms with E-state index in [4.69, 9.17) is 23.4 Å². The van der Waals surface area contributed by atoms with Crippen LogP contribution in [-0.4, -0.2) is 99.8 Å². The van der Waals surface area contributed by atoms with E-state index in [-0.39, 0.29) is 113 Å². The summed E-state index contributed by atoms with van der Waals surface area (Å²) in [5.41, 5.74) is 2.22. The summed E-state index contributed by atoms with van der Waals surface area (Å²) in [6, 6.07) is 8.84. The van der Waals surface area contributed by atoms with Gasteiger partial charge in [-0.2, -0.15) is 0 Å². The number of halogens is 1. The quantitative estimate of drug-likeness (QED) is 0.0704. The molecule has 12 heteroatoms. The van der Waals surface area contributed by atoms with Gasteiger partial charge in [-0.15, -0.1) is 0 Å². The fourth-order valence-electron chi connectivity index (χ4n) is 12.7. The first-order valence-electron chi connectivity index (χ1n) is 27.0. The molecule has 1 saturated carbocycles. The highest BCUT2D eigenvalue weighted by molar-refractivity contribution is 14.1. The van der Waals surface area contributed by atoms with Gasteiger partial charge in [0.15, 0.2) is 18.2 Å². The van der Waals surface area contributed by atoms with Crippen molar-refractivity contribution >= 4 is 40.7 Å². The Morgan fingerprint density at radius 3 is 2.23 bits per heavy atom. The third-order valence-electron chi connectivity index (χ3n) is 18.4. The standard InChI is InChI=1S/C57H93IO9SSi/c1-14-35(2)29-42-32-43(33-52-38(5)36(3)30-45(64-52)22-24-49-37(4)31-44(63-49)19-18-28-59)53(41(42)8)56(68(61,62)47-20-16-15-17-21-47)48(60)34-46-23-25-50-54(65-46)39(6)40(7)55(66-50)51(26-27-58)67-69(12,13)57(9,10)11/h15-17,20-21,26-27,35-36,39-46,48-56,59-60H,4-5,14,18-19,22-25,28-34H2,1-3,6-13H3/b27-26+/t35-,36-,39-,40+,41+,42+,43?,44+,45+,46?,48?,49?,50+,51+,52-,53-,54-,55-,56?/m1/s1. The lowest BCUT2D eigenvalue weighted by Gasteiger charge is -2.51. The maximum absolute atomic E-state index is 15.4. The van der Waals surface area contributed by atoms with Gasteiger partial charge in [0.2, 0.25) is 0 Å². The minimum atomic E-state index is -4.01. The maximum Gasteiger partial charge on any atom is 0.193 e. The Kier molecular flexibility index (Phi) is 20.4. The first-order valence-corrected chi connectivity index (χ1v) is 32.7. The number of fused-ring (bicyclic) bond motifs is 1. The van der Waals surface area contributed by atoms with Crippen molar-refractivity contribution in [2.45, 2.75) is 235 Å². The van der Waals surface area contributed by atoms with E-state index in [1.807, 2.05) is 6.07 Å². The molecule has 0 spiro atoms. The molecule has 0 amide bonds. The molecular formula is C57H93IO9SSi. The predicted octanol–water partition coefficient (Wildman–Crippen LogP) is 12.8. The molecule has 0 radical (unpaired) electrons. The second-order valence-electron chi connectivity index (χ2n) is 24.1. The lowest BCUT2D eigenvalue weighted by molar-refractivity contribution is -0.240. The maximum atomic E-state index is 15.4. The third kappa shape index (κ3) is 13.7. The molecule has 5 fully saturated rings. The lowest BCUT2D eigenvalue weighted by atomic mass is 9.76. The zero-order valence-electron chi connectivity index (χ0n) is 44.4. The van der Waals surface area contributed by atoms with Crippen LogP contribution in [0.1, 0.15) is 146 Å². The second-order valence-corrected chi connectivity index (χ2v) is 31.7. The smallest absolute Gasteiger partial charge is 0.193 e. The third-order valence-corrected chi connectivity index (χ3v) is 25.5. The van der Waals surface area contributed by atoms with Crippen molar-refractivity contribution in [3.05, 3.63) is 64.8 Å². The molecule has 1 aromatic carbocycles. The van der Waals surface area contributed by atoms with Crippen LogP contribution in [0.15, 0.2) is 69.7 Å². The topological polar surface area (TPSA) is 121 Å². The van der Waals surface area contributed by atoms with Crippen LogP contribution in [-0.2, 0) is 33.2 Å². The molecule has 4 saturated heterocycles. The van der Waals surface area contributed by atoms with Gasteiger partial charge in [-0.1, -0.05) is 123 Å². The van der Waals surface area contributed by atoms with Crippen LogP contribution in [0.3, 0.4) is 0 Å². The summed E-state index contributed by atoms with van der Waals surface area (Å²) in [7, 11) is -6.11. The van der Waals surface area contributed by atoms with Crippen LogP contribution in [0.4, 0.5) is 0 Å². The summed E-state index contributed by atoms with van der Waals surface area (Å²) in [4.78, 5) is 0.264. The normalized spacial score (nSPS) is 36.6. The average molecular weight is 1110 g/mol. The number of hydrogen-bond acceptors (Lipinski definition) is 9. The summed E-state index contributed by atoms with van der Waals surface area (Å²) in [6.07, 6.45) is 10.4. The van der Waals surface area contributed by atoms with Crippen molar-refractivity contribution in [3.8, 4) is 0 Å². The summed E-state index contributed by atoms with van der Waals surface area (Å²) in [6.45, 7) is 34.1. The average Bonchev–Trinajstić information content (AvgIpc) is 3.80. The van der Waals surface area contributed by atoms with Crippen LogP contribution >= 0.6 is 22.6 Å². The van der Waals surface area contributed by atoms with E-state index >= 15 is 8.42 Å². The minimum Gasteiger partial charge on any atom is -0.408 e. The van der Waals surface area contributed by atoms with Gasteiger partial charge < -0.3 is 33.6 Å². The number of hydrogen-bond donors (Lipinski definition) is 2. The Morgan fingerprint density at radius 2 is 1.58 bits per heavy atom. The number of aliphatic hydroxyl groups excluding tert-OH is 2. The van der Waals surface area contributed by atoms with Crippen molar-refractivity contribution in [2.24, 2.45) is 47.3 Å². The molecule has 5 unspecified atom stereocenters. The molecular weight excluding hydrogens is 1020 g/mol. The fraction of sp³-hybridized carbons (Fsp3) is 0.789. The first kappa shape index (κ1) is 57.3. The van der Waals surface area contributed by atoms with Crippen molar-refractivity contribution in [2.75, 3.05) is 6.61 Å². The van der Waals surface area contributed by atoms with Gasteiger partial charge in [-0.05, 0) is 170 Å². The molecule has 19 atom stereocenters. The van der Waals surface area contributed by atoms with Crippen LogP contribution in [0.25, 0.3) is 0 Å². The van der Waals surface area contributed by atoms with Crippen LogP contribution < -0.4 is 0 Å². The van der Waals surface area contributed by atoms with Gasteiger partial charge in [0.25, 0.3) is 0 Å². The van der Waals surface area contributed by atoms with E-state index in [2.05, 4.69) is 121 Å². The highest BCUT2D eigenvalue weighted by atomic mass is 127. The Balaban J connectivity index is 1.23. The molecule has 1 aliphatic carbocycles. The van der Waals surface area contributed by atoms with Gasteiger partial charge in [0.05, 0.1) is 71.2 Å². The van der Waals surface area contributed by atoms with Gasteiger partial charge in [-0.25, -0.2) is 8.42 Å². The number of sulfone groups is 1. The van der Waals surface area contributed by atoms with Crippen molar-refractivity contribution < 1.29 is 42.0 Å². The molecule has 0 aromatic heterocycles. The molecule has 0 bridgehead atoms. The number of benzene rings is 1. The molecule has 1 aromatic rings. The van der Waals surface area contributed by atoms with E-state index in [1.54, 1.807) is 24.3 Å². The fourth-order valence-corrected chi connectivity index (χ4v) is 16.7. The Morgan fingerprint density at radius 1 is 0.884 bits per heavy atom. The second kappa shape index (κ2) is 24.6. The Bertz CT molecular complexity index is 1950. The molecule has 9 nitrogen and oxygen atoms in total.